The lowest BCUT2D eigenvalue weighted by atomic mass is 10.2. The number of hydrogen-bond acceptors (Lipinski definition) is 5. The molecule has 23 heavy (non-hydrogen) atoms. The third-order valence-corrected chi connectivity index (χ3v) is 4.24. The highest BCUT2D eigenvalue weighted by atomic mass is 32.2. The van der Waals surface area contributed by atoms with Crippen LogP contribution in [0, 0.1) is 0 Å². The van der Waals surface area contributed by atoms with Crippen LogP contribution in [0.4, 0.5) is 0 Å². The molecule has 0 saturated heterocycles. The van der Waals surface area contributed by atoms with Gasteiger partial charge in [0.15, 0.2) is 9.84 Å². The van der Waals surface area contributed by atoms with Gasteiger partial charge in [-0.1, -0.05) is 12.1 Å². The molecule has 3 N–H and O–H groups in total. The lowest BCUT2D eigenvalue weighted by Crippen LogP contribution is -2.29. The number of aromatic amines is 1. The molecule has 2 rings (SSSR count). The molecule has 0 aliphatic rings. The number of aliphatic hydroxyl groups excluding tert-OH is 1. The van der Waals surface area contributed by atoms with E-state index in [0.29, 0.717) is 0 Å². The number of H-pyrrole nitrogens is 1. The van der Waals surface area contributed by atoms with Gasteiger partial charge in [-0.15, -0.1) is 0 Å². The van der Waals surface area contributed by atoms with Gasteiger partial charge in [0.2, 0.25) is 5.56 Å². The number of carbonyl (C=O) groups is 1. The minimum atomic E-state index is -3.41. The van der Waals surface area contributed by atoms with Gasteiger partial charge in [-0.25, -0.2) is 8.42 Å². The summed E-state index contributed by atoms with van der Waals surface area (Å²) >= 11 is 0. The largest absolute Gasteiger partial charge is 0.385 e. The van der Waals surface area contributed by atoms with Crippen molar-refractivity contribution in [2.24, 2.45) is 0 Å². The zero-order chi connectivity index (χ0) is 17.0. The van der Waals surface area contributed by atoms with Crippen LogP contribution in [0.25, 0.3) is 0 Å². The predicted molar refractivity (Wildman–Crippen MR) is 83.9 cm³/mol. The summed E-state index contributed by atoms with van der Waals surface area (Å²) in [5.41, 5.74) is 0.0955. The molecule has 1 heterocycles. The lowest BCUT2D eigenvalue weighted by Gasteiger charge is -2.12. The maximum absolute atomic E-state index is 12.0. The zero-order valence-electron chi connectivity index (χ0n) is 12.3. The monoisotopic (exact) mass is 336 g/mol. The van der Waals surface area contributed by atoms with Gasteiger partial charge in [0, 0.05) is 30.1 Å². The second-order valence-corrected chi connectivity index (χ2v) is 7.01. The van der Waals surface area contributed by atoms with E-state index in [1.165, 1.54) is 42.5 Å². The first-order chi connectivity index (χ1) is 10.8. The molecule has 1 aromatic carbocycles. The van der Waals surface area contributed by atoms with Crippen LogP contribution in [0.3, 0.4) is 0 Å². The van der Waals surface area contributed by atoms with Crippen molar-refractivity contribution in [1.29, 1.82) is 0 Å². The number of aliphatic hydroxyl groups is 1. The lowest BCUT2D eigenvalue weighted by molar-refractivity contribution is 0.0914. The summed E-state index contributed by atoms with van der Waals surface area (Å²) in [6, 6.07) is 9.94. The first kappa shape index (κ1) is 16.9. The number of carbonyl (C=O) groups excluding carboxylic acids is 1. The average Bonchev–Trinajstić information content (AvgIpc) is 2.51. The van der Waals surface area contributed by atoms with Gasteiger partial charge in [0.05, 0.1) is 4.90 Å². The number of pyridine rings is 1. The number of aromatic nitrogens is 1. The van der Waals surface area contributed by atoms with Crippen molar-refractivity contribution in [3.63, 3.8) is 0 Å². The highest BCUT2D eigenvalue weighted by Gasteiger charge is 2.14. The Morgan fingerprint density at radius 2 is 1.96 bits per heavy atom. The van der Waals surface area contributed by atoms with E-state index in [4.69, 9.17) is 0 Å². The highest BCUT2D eigenvalue weighted by molar-refractivity contribution is 7.90. The molecule has 0 spiro atoms. The van der Waals surface area contributed by atoms with E-state index in [2.05, 4.69) is 10.3 Å². The van der Waals surface area contributed by atoms with E-state index < -0.39 is 21.8 Å². The Morgan fingerprint density at radius 3 is 2.61 bits per heavy atom. The Labute approximate surface area is 132 Å². The number of sulfone groups is 1. The van der Waals surface area contributed by atoms with E-state index in [1.807, 2.05) is 0 Å². The van der Waals surface area contributed by atoms with Crippen LogP contribution in [0.5, 0.6) is 0 Å². The molecule has 8 heteroatoms. The molecular formula is C15H16N2O5S. The van der Waals surface area contributed by atoms with Gasteiger partial charge in [0.1, 0.15) is 6.10 Å². The van der Waals surface area contributed by atoms with E-state index in [9.17, 15) is 23.1 Å². The molecular weight excluding hydrogens is 320 g/mol. The maximum atomic E-state index is 12.0. The summed E-state index contributed by atoms with van der Waals surface area (Å²) in [6.07, 6.45) is -0.0228. The maximum Gasteiger partial charge on any atom is 0.251 e. The Morgan fingerprint density at radius 1 is 1.26 bits per heavy atom. The predicted octanol–water partition coefficient (Wildman–Crippen LogP) is 0.242. The van der Waals surface area contributed by atoms with Crippen molar-refractivity contribution in [3.8, 4) is 0 Å². The van der Waals surface area contributed by atoms with Crippen LogP contribution in [0.15, 0.2) is 52.2 Å². The SMILES string of the molecule is CS(=O)(=O)c1cccc(C(=O)NCC(O)c2cccc(=O)[nH]2)c1. The number of amides is 1. The van der Waals surface area contributed by atoms with Crippen LogP contribution in [-0.2, 0) is 9.84 Å². The van der Waals surface area contributed by atoms with Crippen LogP contribution >= 0.6 is 0 Å². The minimum Gasteiger partial charge on any atom is -0.385 e. The van der Waals surface area contributed by atoms with E-state index in [0.717, 1.165) is 6.26 Å². The molecule has 1 amide bonds. The van der Waals surface area contributed by atoms with Crippen molar-refractivity contribution in [1.82, 2.24) is 10.3 Å². The van der Waals surface area contributed by atoms with E-state index >= 15 is 0 Å². The Bertz CT molecular complexity index is 873. The van der Waals surface area contributed by atoms with Gasteiger partial charge in [-0.2, -0.15) is 0 Å². The molecule has 2 aromatic rings. The summed E-state index contributed by atoms with van der Waals surface area (Å²) < 4.78 is 23.0. The third kappa shape index (κ3) is 4.51. The summed E-state index contributed by atoms with van der Waals surface area (Å²) in [6.45, 7) is -0.123. The summed E-state index contributed by atoms with van der Waals surface area (Å²) in [5.74, 6) is -0.521. The molecule has 0 fully saturated rings. The fourth-order valence-corrected chi connectivity index (χ4v) is 2.60. The standard InChI is InChI=1S/C15H16N2O5S/c1-23(21,22)11-5-2-4-10(8-11)15(20)16-9-13(18)12-6-3-7-14(19)17-12/h2-8,13,18H,9H2,1H3,(H,16,20)(H,17,19). The molecule has 0 saturated carbocycles. The molecule has 7 nitrogen and oxygen atoms in total. The summed E-state index contributed by atoms with van der Waals surface area (Å²) in [7, 11) is -3.41. The van der Waals surface area contributed by atoms with Crippen LogP contribution in [0.2, 0.25) is 0 Å². The normalized spacial score (nSPS) is 12.6. The van der Waals surface area contributed by atoms with Gasteiger partial charge >= 0.3 is 0 Å². The number of benzene rings is 1. The number of hydrogen-bond donors (Lipinski definition) is 3. The number of rotatable bonds is 5. The second kappa shape index (κ2) is 6.76. The molecule has 1 aromatic heterocycles. The molecule has 122 valence electrons. The minimum absolute atomic E-state index is 0.0399. The zero-order valence-corrected chi connectivity index (χ0v) is 13.1. The Hall–Kier alpha value is -2.45. The molecule has 0 aliphatic carbocycles. The fraction of sp³-hybridized carbons (Fsp3) is 0.200. The summed E-state index contributed by atoms with van der Waals surface area (Å²) in [5, 5.41) is 12.4. The summed E-state index contributed by atoms with van der Waals surface area (Å²) in [4.78, 5) is 25.7. The molecule has 0 bridgehead atoms. The van der Waals surface area contributed by atoms with Crippen molar-refractivity contribution < 1.29 is 18.3 Å². The van der Waals surface area contributed by atoms with Gasteiger partial charge in [-0.05, 0) is 24.3 Å². The Balaban J connectivity index is 2.07. The topological polar surface area (TPSA) is 116 Å². The number of nitrogens with one attached hydrogen (secondary N) is 2. The quantitative estimate of drug-likeness (QED) is 0.723. The van der Waals surface area contributed by atoms with Crippen molar-refractivity contribution in [3.05, 3.63) is 64.1 Å². The van der Waals surface area contributed by atoms with Crippen LogP contribution in [0.1, 0.15) is 22.2 Å². The second-order valence-electron chi connectivity index (χ2n) is 5.00. The molecule has 0 radical (unpaired) electrons. The van der Waals surface area contributed by atoms with Gasteiger partial charge in [-0.3, -0.25) is 9.59 Å². The molecule has 1 atom stereocenters. The van der Waals surface area contributed by atoms with Crippen LogP contribution < -0.4 is 10.9 Å². The van der Waals surface area contributed by atoms with Crippen molar-refractivity contribution in [2.75, 3.05) is 12.8 Å². The van der Waals surface area contributed by atoms with Crippen molar-refractivity contribution in [2.45, 2.75) is 11.0 Å². The third-order valence-electron chi connectivity index (χ3n) is 3.13. The van der Waals surface area contributed by atoms with Gasteiger partial charge < -0.3 is 15.4 Å². The van der Waals surface area contributed by atoms with Crippen molar-refractivity contribution >= 4 is 15.7 Å². The first-order valence-corrected chi connectivity index (χ1v) is 8.62. The molecule has 0 aliphatic heterocycles. The van der Waals surface area contributed by atoms with E-state index in [1.54, 1.807) is 0 Å². The Kier molecular flexibility index (Phi) is 4.97. The first-order valence-electron chi connectivity index (χ1n) is 6.73. The fourth-order valence-electron chi connectivity index (χ4n) is 1.93. The highest BCUT2D eigenvalue weighted by Crippen LogP contribution is 2.12. The van der Waals surface area contributed by atoms with E-state index in [-0.39, 0.29) is 28.3 Å². The van der Waals surface area contributed by atoms with Crippen LogP contribution in [-0.4, -0.2) is 37.2 Å². The molecule has 1 unspecified atom stereocenters. The van der Waals surface area contributed by atoms with Gasteiger partial charge in [0.25, 0.3) is 5.91 Å². The average molecular weight is 336 g/mol. The smallest absolute Gasteiger partial charge is 0.251 e.